The fourth-order valence-electron chi connectivity index (χ4n) is 2.45. The zero-order valence-electron chi connectivity index (χ0n) is 13.8. The van der Waals surface area contributed by atoms with Gasteiger partial charge in [-0.15, -0.1) is 0 Å². The first-order valence-corrected chi connectivity index (χ1v) is 7.34. The molecule has 1 aromatic carbocycles. The van der Waals surface area contributed by atoms with E-state index in [1.54, 1.807) is 0 Å². The average Bonchev–Trinajstić information content (AvgIpc) is 2.57. The topological polar surface area (TPSA) is 21.7 Å². The molecule has 0 radical (unpaired) electrons. The van der Waals surface area contributed by atoms with Crippen LogP contribution in [0.3, 0.4) is 0 Å². The molecule has 0 spiro atoms. The summed E-state index contributed by atoms with van der Waals surface area (Å²) in [6.45, 7) is 10.5. The lowest BCUT2D eigenvalue weighted by atomic mass is 9.78. The fourth-order valence-corrected chi connectivity index (χ4v) is 2.45. The molecule has 20 heavy (non-hydrogen) atoms. The molecule has 3 nitrogen and oxygen atoms in total. The number of anilines is 1. The van der Waals surface area contributed by atoms with Crippen LogP contribution in [-0.4, -0.2) is 32.4 Å². The number of hydrogen-bond acceptors (Lipinski definition) is 3. The molecular formula is C16H26BNO2. The van der Waals surface area contributed by atoms with Crippen molar-refractivity contribution in [2.24, 2.45) is 0 Å². The highest BCUT2D eigenvalue weighted by atomic mass is 16.7. The van der Waals surface area contributed by atoms with E-state index in [1.807, 2.05) is 0 Å². The zero-order valence-corrected chi connectivity index (χ0v) is 13.8. The summed E-state index contributed by atoms with van der Waals surface area (Å²) in [5.74, 6) is 0. The maximum atomic E-state index is 6.11. The minimum absolute atomic E-state index is 0.276. The van der Waals surface area contributed by atoms with Gasteiger partial charge in [0, 0.05) is 19.8 Å². The zero-order chi connectivity index (χ0) is 15.1. The van der Waals surface area contributed by atoms with Gasteiger partial charge in [-0.05, 0) is 51.2 Å². The van der Waals surface area contributed by atoms with Crippen molar-refractivity contribution >= 4 is 18.3 Å². The lowest BCUT2D eigenvalue weighted by Crippen LogP contribution is -2.41. The summed E-state index contributed by atoms with van der Waals surface area (Å²) in [7, 11) is 3.87. The normalized spacial score (nSPS) is 20.2. The van der Waals surface area contributed by atoms with Crippen molar-refractivity contribution in [1.82, 2.24) is 0 Å². The van der Waals surface area contributed by atoms with Crippen LogP contribution in [0.4, 0.5) is 5.69 Å². The van der Waals surface area contributed by atoms with Gasteiger partial charge in [0.1, 0.15) is 0 Å². The predicted molar refractivity (Wildman–Crippen MR) is 85.9 cm³/mol. The molecule has 1 saturated heterocycles. The molecule has 0 unspecified atom stereocenters. The standard InChI is InChI=1S/C16H26BNO2/c1-8-12-11-13(9-10-14(12)18(6)7)17-19-15(2,3)16(4,5)20-17/h9-11H,8H2,1-7H3. The summed E-state index contributed by atoms with van der Waals surface area (Å²) in [6.07, 6.45) is 1.00. The van der Waals surface area contributed by atoms with Crippen LogP contribution in [0.25, 0.3) is 0 Å². The molecule has 0 aromatic heterocycles. The van der Waals surface area contributed by atoms with Gasteiger partial charge in [0.05, 0.1) is 11.2 Å². The Kier molecular flexibility index (Phi) is 3.91. The molecule has 0 atom stereocenters. The lowest BCUT2D eigenvalue weighted by molar-refractivity contribution is 0.00578. The SMILES string of the molecule is CCc1cc(B2OC(C)(C)C(C)(C)O2)ccc1N(C)C. The first-order valence-electron chi connectivity index (χ1n) is 7.34. The molecule has 1 fully saturated rings. The Balaban J connectivity index is 2.32. The maximum absolute atomic E-state index is 6.11. The Labute approximate surface area is 123 Å². The van der Waals surface area contributed by atoms with E-state index in [-0.39, 0.29) is 18.3 Å². The van der Waals surface area contributed by atoms with Crippen LogP contribution in [0.2, 0.25) is 0 Å². The van der Waals surface area contributed by atoms with E-state index in [0.29, 0.717) is 0 Å². The lowest BCUT2D eigenvalue weighted by Gasteiger charge is -2.32. The van der Waals surface area contributed by atoms with Crippen molar-refractivity contribution < 1.29 is 9.31 Å². The molecule has 0 bridgehead atoms. The highest BCUT2D eigenvalue weighted by Gasteiger charge is 2.51. The molecule has 0 saturated carbocycles. The molecule has 1 aliphatic heterocycles. The van der Waals surface area contributed by atoms with Crippen LogP contribution < -0.4 is 10.4 Å². The van der Waals surface area contributed by atoms with E-state index in [0.717, 1.165) is 11.9 Å². The number of aryl methyl sites for hydroxylation is 1. The van der Waals surface area contributed by atoms with Crippen molar-refractivity contribution in [3.63, 3.8) is 0 Å². The number of hydrogen-bond donors (Lipinski definition) is 0. The third kappa shape index (κ3) is 2.59. The highest BCUT2D eigenvalue weighted by molar-refractivity contribution is 6.62. The predicted octanol–water partition coefficient (Wildman–Crippen LogP) is 2.61. The second-order valence-corrected chi connectivity index (χ2v) is 6.72. The highest BCUT2D eigenvalue weighted by Crippen LogP contribution is 2.36. The molecule has 0 amide bonds. The molecule has 1 aliphatic rings. The van der Waals surface area contributed by atoms with Crippen LogP contribution in [0.15, 0.2) is 18.2 Å². The monoisotopic (exact) mass is 275 g/mol. The second kappa shape index (κ2) is 5.08. The van der Waals surface area contributed by atoms with Gasteiger partial charge in [-0.1, -0.05) is 19.1 Å². The summed E-state index contributed by atoms with van der Waals surface area (Å²) in [6, 6.07) is 6.47. The van der Waals surface area contributed by atoms with Gasteiger partial charge in [0.15, 0.2) is 0 Å². The van der Waals surface area contributed by atoms with Gasteiger partial charge >= 0.3 is 7.12 Å². The van der Waals surface area contributed by atoms with E-state index in [4.69, 9.17) is 9.31 Å². The van der Waals surface area contributed by atoms with Crippen LogP contribution in [0.5, 0.6) is 0 Å². The Bertz CT molecular complexity index is 481. The molecule has 110 valence electrons. The molecule has 0 N–H and O–H groups in total. The second-order valence-electron chi connectivity index (χ2n) is 6.72. The third-order valence-electron chi connectivity index (χ3n) is 4.49. The smallest absolute Gasteiger partial charge is 0.399 e. The van der Waals surface area contributed by atoms with Crippen molar-refractivity contribution in [1.29, 1.82) is 0 Å². The summed E-state index contributed by atoms with van der Waals surface area (Å²) < 4.78 is 12.2. The summed E-state index contributed by atoms with van der Waals surface area (Å²) >= 11 is 0. The van der Waals surface area contributed by atoms with Crippen LogP contribution in [0, 0.1) is 0 Å². The van der Waals surface area contributed by atoms with Crippen molar-refractivity contribution in [3.8, 4) is 0 Å². The Hall–Kier alpha value is -0.995. The Morgan fingerprint density at radius 3 is 2.05 bits per heavy atom. The molecular weight excluding hydrogens is 249 g/mol. The molecule has 0 aliphatic carbocycles. The van der Waals surface area contributed by atoms with E-state index in [2.05, 4.69) is 71.8 Å². The van der Waals surface area contributed by atoms with Gasteiger partial charge in [0.25, 0.3) is 0 Å². The Morgan fingerprint density at radius 2 is 1.60 bits per heavy atom. The quantitative estimate of drug-likeness (QED) is 0.791. The van der Waals surface area contributed by atoms with Gasteiger partial charge in [-0.2, -0.15) is 0 Å². The average molecular weight is 275 g/mol. The van der Waals surface area contributed by atoms with Gasteiger partial charge in [-0.25, -0.2) is 0 Å². The third-order valence-corrected chi connectivity index (χ3v) is 4.49. The van der Waals surface area contributed by atoms with Crippen LogP contribution in [0.1, 0.15) is 40.2 Å². The number of benzene rings is 1. The minimum atomic E-state index is -0.287. The minimum Gasteiger partial charge on any atom is -0.399 e. The van der Waals surface area contributed by atoms with E-state index < -0.39 is 0 Å². The maximum Gasteiger partial charge on any atom is 0.494 e. The Morgan fingerprint density at radius 1 is 1.05 bits per heavy atom. The molecule has 1 heterocycles. The van der Waals surface area contributed by atoms with Crippen molar-refractivity contribution in [2.75, 3.05) is 19.0 Å². The van der Waals surface area contributed by atoms with E-state index in [1.165, 1.54) is 11.3 Å². The van der Waals surface area contributed by atoms with Crippen molar-refractivity contribution in [3.05, 3.63) is 23.8 Å². The first-order chi connectivity index (χ1) is 9.18. The van der Waals surface area contributed by atoms with Crippen LogP contribution >= 0.6 is 0 Å². The summed E-state index contributed by atoms with van der Waals surface area (Å²) in [5, 5.41) is 0. The van der Waals surface area contributed by atoms with Crippen LogP contribution in [-0.2, 0) is 15.7 Å². The number of rotatable bonds is 3. The molecule has 2 rings (SSSR count). The molecule has 4 heteroatoms. The number of nitrogens with zero attached hydrogens (tertiary/aromatic N) is 1. The van der Waals surface area contributed by atoms with Gasteiger partial charge in [-0.3, -0.25) is 0 Å². The van der Waals surface area contributed by atoms with E-state index >= 15 is 0 Å². The summed E-state index contributed by atoms with van der Waals surface area (Å²) in [5.41, 5.74) is 3.11. The van der Waals surface area contributed by atoms with Crippen molar-refractivity contribution in [2.45, 2.75) is 52.2 Å². The molecule has 1 aromatic rings. The van der Waals surface area contributed by atoms with Gasteiger partial charge < -0.3 is 14.2 Å². The first kappa shape index (κ1) is 15.4. The van der Waals surface area contributed by atoms with E-state index in [9.17, 15) is 0 Å². The summed E-state index contributed by atoms with van der Waals surface area (Å²) in [4.78, 5) is 2.15. The van der Waals surface area contributed by atoms with Gasteiger partial charge in [0.2, 0.25) is 0 Å². The fraction of sp³-hybridized carbons (Fsp3) is 0.625. The largest absolute Gasteiger partial charge is 0.494 e.